The number of rotatable bonds is 7. The predicted molar refractivity (Wildman–Crippen MR) is 123 cm³/mol. The first-order chi connectivity index (χ1) is 14.7. The molecule has 0 bridgehead atoms. The summed E-state index contributed by atoms with van der Waals surface area (Å²) in [6, 6.07) is 18.4. The van der Waals surface area contributed by atoms with Crippen LogP contribution in [0.3, 0.4) is 0 Å². The molecule has 0 saturated heterocycles. The topological polar surface area (TPSA) is 87.7 Å². The van der Waals surface area contributed by atoms with Crippen molar-refractivity contribution in [1.29, 1.82) is 0 Å². The SMILES string of the molecule is CC(C)(C)OC(=O)N[C@@H](Cc1ccccc1)C(=O)NCC(O)c1cc2ccccc2s1. The van der Waals surface area contributed by atoms with E-state index in [2.05, 4.69) is 10.6 Å². The van der Waals surface area contributed by atoms with Crippen molar-refractivity contribution in [3.8, 4) is 0 Å². The molecule has 0 saturated carbocycles. The zero-order valence-electron chi connectivity index (χ0n) is 17.9. The summed E-state index contributed by atoms with van der Waals surface area (Å²) in [6.07, 6.45) is -1.18. The average molecular weight is 441 g/mol. The fourth-order valence-corrected chi connectivity index (χ4v) is 4.15. The van der Waals surface area contributed by atoms with Crippen molar-refractivity contribution in [3.63, 3.8) is 0 Å². The van der Waals surface area contributed by atoms with Gasteiger partial charge in [0.25, 0.3) is 0 Å². The Labute approximate surface area is 186 Å². The second-order valence-corrected chi connectivity index (χ2v) is 9.45. The Morgan fingerprint density at radius 1 is 1.06 bits per heavy atom. The minimum absolute atomic E-state index is 0.0486. The molecule has 1 unspecified atom stereocenters. The highest BCUT2D eigenvalue weighted by atomic mass is 32.1. The molecule has 2 aromatic carbocycles. The van der Waals surface area contributed by atoms with Gasteiger partial charge < -0.3 is 20.5 Å². The van der Waals surface area contributed by atoms with Crippen molar-refractivity contribution < 1.29 is 19.4 Å². The van der Waals surface area contributed by atoms with Crippen LogP contribution in [0.1, 0.15) is 37.3 Å². The summed E-state index contributed by atoms with van der Waals surface area (Å²) >= 11 is 1.49. The molecule has 0 aliphatic rings. The number of alkyl carbamates (subject to hydrolysis) is 1. The first-order valence-corrected chi connectivity index (χ1v) is 11.0. The molecular weight excluding hydrogens is 412 g/mol. The molecule has 0 spiro atoms. The number of benzene rings is 2. The summed E-state index contributed by atoms with van der Waals surface area (Å²) in [5, 5.41) is 17.0. The van der Waals surface area contributed by atoms with Gasteiger partial charge in [0.15, 0.2) is 0 Å². The quantitative estimate of drug-likeness (QED) is 0.514. The first kappa shape index (κ1) is 22.8. The molecule has 0 aliphatic carbocycles. The monoisotopic (exact) mass is 440 g/mol. The van der Waals surface area contributed by atoms with E-state index < -0.39 is 23.8 Å². The van der Waals surface area contributed by atoms with E-state index in [4.69, 9.17) is 4.74 Å². The van der Waals surface area contributed by atoms with Crippen molar-refractivity contribution in [1.82, 2.24) is 10.6 Å². The average Bonchev–Trinajstić information content (AvgIpc) is 3.15. The molecule has 0 radical (unpaired) electrons. The van der Waals surface area contributed by atoms with Gasteiger partial charge in [0, 0.05) is 22.5 Å². The van der Waals surface area contributed by atoms with Gasteiger partial charge in [-0.05, 0) is 43.9 Å². The number of hydrogen-bond acceptors (Lipinski definition) is 5. The number of carbonyl (C=O) groups excluding carboxylic acids is 2. The summed E-state index contributed by atoms with van der Waals surface area (Å²) in [5.41, 5.74) is 0.235. The van der Waals surface area contributed by atoms with Gasteiger partial charge in [-0.1, -0.05) is 48.5 Å². The molecule has 6 nitrogen and oxygen atoms in total. The highest BCUT2D eigenvalue weighted by Gasteiger charge is 2.25. The van der Waals surface area contributed by atoms with Gasteiger partial charge in [-0.2, -0.15) is 0 Å². The van der Waals surface area contributed by atoms with E-state index in [1.54, 1.807) is 20.8 Å². The fraction of sp³-hybridized carbons (Fsp3) is 0.333. The van der Waals surface area contributed by atoms with Crippen LogP contribution in [0.5, 0.6) is 0 Å². The van der Waals surface area contributed by atoms with Gasteiger partial charge in [-0.25, -0.2) is 4.79 Å². The second kappa shape index (κ2) is 9.94. The maximum absolute atomic E-state index is 12.9. The number of fused-ring (bicyclic) bond motifs is 1. The molecule has 3 N–H and O–H groups in total. The smallest absolute Gasteiger partial charge is 0.408 e. The van der Waals surface area contributed by atoms with E-state index in [9.17, 15) is 14.7 Å². The van der Waals surface area contributed by atoms with Gasteiger partial charge in [0.2, 0.25) is 5.91 Å². The molecule has 2 atom stereocenters. The molecule has 31 heavy (non-hydrogen) atoms. The number of aliphatic hydroxyl groups is 1. The lowest BCUT2D eigenvalue weighted by atomic mass is 10.1. The third-order valence-electron chi connectivity index (χ3n) is 4.53. The van der Waals surface area contributed by atoms with Crippen LogP contribution < -0.4 is 10.6 Å². The molecule has 0 fully saturated rings. The van der Waals surface area contributed by atoms with Crippen molar-refractivity contribution >= 4 is 33.4 Å². The summed E-state index contributed by atoms with van der Waals surface area (Å²) in [7, 11) is 0. The summed E-state index contributed by atoms with van der Waals surface area (Å²) in [5.74, 6) is -0.380. The van der Waals surface area contributed by atoms with Gasteiger partial charge in [-0.15, -0.1) is 11.3 Å². The molecule has 164 valence electrons. The number of nitrogens with one attached hydrogen (secondary N) is 2. The fourth-order valence-electron chi connectivity index (χ4n) is 3.10. The molecule has 7 heteroatoms. The summed E-state index contributed by atoms with van der Waals surface area (Å²) < 4.78 is 6.39. The van der Waals surface area contributed by atoms with Crippen molar-refractivity contribution in [3.05, 3.63) is 71.1 Å². The number of ether oxygens (including phenoxy) is 1. The van der Waals surface area contributed by atoms with Gasteiger partial charge in [0.1, 0.15) is 17.7 Å². The van der Waals surface area contributed by atoms with Crippen molar-refractivity contribution in [2.24, 2.45) is 0 Å². The van der Waals surface area contributed by atoms with E-state index in [1.807, 2.05) is 60.7 Å². The van der Waals surface area contributed by atoms with E-state index in [0.717, 1.165) is 20.5 Å². The van der Waals surface area contributed by atoms with Crippen LogP contribution in [0, 0.1) is 0 Å². The highest BCUT2D eigenvalue weighted by Crippen LogP contribution is 2.29. The Balaban J connectivity index is 1.65. The Morgan fingerprint density at radius 3 is 2.42 bits per heavy atom. The number of amides is 2. The summed E-state index contributed by atoms with van der Waals surface area (Å²) in [4.78, 5) is 25.9. The highest BCUT2D eigenvalue weighted by molar-refractivity contribution is 7.19. The van der Waals surface area contributed by atoms with E-state index in [0.29, 0.717) is 6.42 Å². The van der Waals surface area contributed by atoms with Crippen LogP contribution in [0.4, 0.5) is 4.79 Å². The maximum atomic E-state index is 12.9. The number of aliphatic hydroxyl groups excluding tert-OH is 1. The lowest BCUT2D eigenvalue weighted by molar-refractivity contribution is -0.123. The normalized spacial score (nSPS) is 13.4. The van der Waals surface area contributed by atoms with E-state index in [-0.39, 0.29) is 12.5 Å². The maximum Gasteiger partial charge on any atom is 0.408 e. The third kappa shape index (κ3) is 6.80. The molecule has 3 rings (SSSR count). The van der Waals surface area contributed by atoms with Crippen molar-refractivity contribution in [2.45, 2.75) is 44.9 Å². The summed E-state index contributed by atoms with van der Waals surface area (Å²) in [6.45, 7) is 5.34. The zero-order chi connectivity index (χ0) is 22.4. The molecule has 2 amide bonds. The van der Waals surface area contributed by atoms with Crippen LogP contribution in [0.2, 0.25) is 0 Å². The van der Waals surface area contributed by atoms with Gasteiger partial charge >= 0.3 is 6.09 Å². The minimum Gasteiger partial charge on any atom is -0.444 e. The molecule has 3 aromatic rings. The Morgan fingerprint density at radius 2 is 1.74 bits per heavy atom. The predicted octanol–water partition coefficient (Wildman–Crippen LogP) is 4.19. The largest absolute Gasteiger partial charge is 0.444 e. The standard InChI is InChI=1S/C24H28N2O4S/c1-24(2,3)30-23(29)26-18(13-16-9-5-4-6-10-16)22(28)25-15-19(27)21-14-17-11-7-8-12-20(17)31-21/h4-12,14,18-19,27H,13,15H2,1-3H3,(H,25,28)(H,26,29)/t18-,19?/m0/s1. The first-order valence-electron chi connectivity index (χ1n) is 10.2. The van der Waals surface area contributed by atoms with Crippen LogP contribution in [0.25, 0.3) is 10.1 Å². The van der Waals surface area contributed by atoms with Crippen LogP contribution >= 0.6 is 11.3 Å². The number of carbonyl (C=O) groups is 2. The van der Waals surface area contributed by atoms with Crippen molar-refractivity contribution in [2.75, 3.05) is 6.54 Å². The van der Waals surface area contributed by atoms with Crippen LogP contribution in [0.15, 0.2) is 60.7 Å². The number of thiophene rings is 1. The van der Waals surface area contributed by atoms with Gasteiger partial charge in [0.05, 0.1) is 0 Å². The lowest BCUT2D eigenvalue weighted by Gasteiger charge is -2.23. The minimum atomic E-state index is -0.833. The lowest BCUT2D eigenvalue weighted by Crippen LogP contribution is -2.50. The van der Waals surface area contributed by atoms with Crippen LogP contribution in [-0.2, 0) is 16.0 Å². The zero-order valence-corrected chi connectivity index (χ0v) is 18.7. The van der Waals surface area contributed by atoms with E-state index >= 15 is 0 Å². The number of hydrogen-bond donors (Lipinski definition) is 3. The molecule has 0 aliphatic heterocycles. The Hall–Kier alpha value is -2.90. The Kier molecular flexibility index (Phi) is 7.30. The molecular formula is C24H28N2O4S. The second-order valence-electron chi connectivity index (χ2n) is 8.34. The Bertz CT molecular complexity index is 994. The van der Waals surface area contributed by atoms with E-state index in [1.165, 1.54) is 11.3 Å². The van der Waals surface area contributed by atoms with Crippen LogP contribution in [-0.4, -0.2) is 35.3 Å². The molecule has 1 heterocycles. The third-order valence-corrected chi connectivity index (χ3v) is 5.75. The van der Waals surface area contributed by atoms with Gasteiger partial charge in [-0.3, -0.25) is 4.79 Å². The molecule has 1 aromatic heterocycles.